The number of aromatic nitrogens is 1. The molecule has 2 aromatic rings. The number of amides is 3. The molecule has 10 heteroatoms. The lowest BCUT2D eigenvalue weighted by Gasteiger charge is -2.35. The van der Waals surface area contributed by atoms with Crippen molar-refractivity contribution in [2.45, 2.75) is 65.3 Å². The third kappa shape index (κ3) is 6.25. The van der Waals surface area contributed by atoms with E-state index < -0.39 is 35.4 Å². The Morgan fingerprint density at radius 2 is 1.89 bits per heavy atom. The van der Waals surface area contributed by atoms with Crippen molar-refractivity contribution in [3.05, 3.63) is 41.0 Å². The summed E-state index contributed by atoms with van der Waals surface area (Å²) in [5.74, 6) is -1.21. The van der Waals surface area contributed by atoms with Gasteiger partial charge in [0, 0.05) is 13.0 Å². The molecule has 0 saturated carbocycles. The van der Waals surface area contributed by atoms with Crippen LogP contribution in [0.4, 0.5) is 0 Å². The number of likely N-dealkylation sites (tertiary alicyclic amines) is 1. The van der Waals surface area contributed by atoms with Crippen LogP contribution in [0.3, 0.4) is 0 Å². The number of aliphatic hydroxyl groups excluding tert-OH is 1. The number of nitrogens with zero attached hydrogens (tertiary/aromatic N) is 2. The first-order valence-electron chi connectivity index (χ1n) is 11.7. The number of rotatable bonds is 7. The second kappa shape index (κ2) is 10.8. The van der Waals surface area contributed by atoms with Crippen LogP contribution >= 0.6 is 11.3 Å². The topological polar surface area (TPSA) is 138 Å². The number of hydrogen-bond donors (Lipinski definition) is 4. The number of carbonyl (C=O) groups is 3. The van der Waals surface area contributed by atoms with Crippen LogP contribution in [0.1, 0.15) is 51.4 Å². The molecular formula is C25H35N5O4S. The molecule has 0 radical (unpaired) electrons. The molecule has 4 atom stereocenters. The second-order valence-corrected chi connectivity index (χ2v) is 10.9. The first-order valence-corrected chi connectivity index (χ1v) is 12.6. The third-order valence-corrected chi connectivity index (χ3v) is 7.22. The lowest BCUT2D eigenvalue weighted by molar-refractivity contribution is -0.144. The summed E-state index contributed by atoms with van der Waals surface area (Å²) < 4.78 is 0. The van der Waals surface area contributed by atoms with Gasteiger partial charge in [0.1, 0.15) is 12.1 Å². The van der Waals surface area contributed by atoms with E-state index in [1.54, 1.807) is 11.3 Å². The molecule has 1 aromatic carbocycles. The smallest absolute Gasteiger partial charge is 0.246 e. The van der Waals surface area contributed by atoms with Gasteiger partial charge in [-0.05, 0) is 30.4 Å². The largest absolute Gasteiger partial charge is 0.391 e. The maximum Gasteiger partial charge on any atom is 0.246 e. The highest BCUT2D eigenvalue weighted by atomic mass is 32.1. The number of β-amino-alcohol motifs (C(OH)–C–C–N with tert-alkyl or cyclic N) is 1. The van der Waals surface area contributed by atoms with Crippen LogP contribution in [0.25, 0.3) is 10.4 Å². The Hall–Kier alpha value is -2.82. The maximum absolute atomic E-state index is 13.4. The molecule has 0 unspecified atom stereocenters. The van der Waals surface area contributed by atoms with Crippen molar-refractivity contribution < 1.29 is 19.5 Å². The Morgan fingerprint density at radius 3 is 2.43 bits per heavy atom. The average molecular weight is 502 g/mol. The summed E-state index contributed by atoms with van der Waals surface area (Å²) in [5.41, 5.74) is 9.59. The molecule has 0 bridgehead atoms. The van der Waals surface area contributed by atoms with Crippen LogP contribution in [-0.4, -0.2) is 64.0 Å². The minimum atomic E-state index is -0.876. The number of carbonyl (C=O) groups excluding carboxylic acids is 3. The standard InChI is InChI=1S/C25H35N5O4S/c1-14(16-6-8-17(9-7-16)21-15(2)27-13-35-21)28-23(33)19-10-18(31)12-30(19)24(34)22(25(3,4)5)29-20(32)11-26/h6-9,13-14,18-19,22,31H,10-12,26H2,1-5H3,(H,28,33)(H,29,32)/t14-,18+,19-,22+/m0/s1. The molecule has 3 rings (SSSR count). The molecule has 1 aliphatic rings. The molecule has 0 spiro atoms. The van der Waals surface area contributed by atoms with Crippen molar-refractivity contribution >= 4 is 29.1 Å². The molecule has 190 valence electrons. The van der Waals surface area contributed by atoms with Crippen LogP contribution in [0.15, 0.2) is 29.8 Å². The molecule has 5 N–H and O–H groups in total. The highest BCUT2D eigenvalue weighted by Gasteiger charge is 2.44. The SMILES string of the molecule is Cc1ncsc1-c1ccc([C@H](C)NC(=O)[C@@H]2C[C@@H](O)CN2C(=O)[C@@H](NC(=O)CN)C(C)(C)C)cc1. The van der Waals surface area contributed by atoms with Gasteiger partial charge in [0.2, 0.25) is 17.7 Å². The minimum Gasteiger partial charge on any atom is -0.391 e. The summed E-state index contributed by atoms with van der Waals surface area (Å²) >= 11 is 1.58. The van der Waals surface area contributed by atoms with E-state index in [9.17, 15) is 19.5 Å². The van der Waals surface area contributed by atoms with Crippen molar-refractivity contribution in [3.8, 4) is 10.4 Å². The number of aliphatic hydroxyl groups is 1. The highest BCUT2D eigenvalue weighted by molar-refractivity contribution is 7.13. The van der Waals surface area contributed by atoms with E-state index >= 15 is 0 Å². The van der Waals surface area contributed by atoms with Gasteiger partial charge in [-0.25, -0.2) is 4.98 Å². The maximum atomic E-state index is 13.4. The number of nitrogens with one attached hydrogen (secondary N) is 2. The quantitative estimate of drug-likeness (QED) is 0.456. The van der Waals surface area contributed by atoms with Crippen molar-refractivity contribution in [1.82, 2.24) is 20.5 Å². The molecule has 1 fully saturated rings. The number of aryl methyl sites for hydroxylation is 1. The lowest BCUT2D eigenvalue weighted by atomic mass is 9.85. The Bertz CT molecular complexity index is 1060. The highest BCUT2D eigenvalue weighted by Crippen LogP contribution is 2.29. The van der Waals surface area contributed by atoms with Crippen molar-refractivity contribution in [3.63, 3.8) is 0 Å². The lowest BCUT2D eigenvalue weighted by Crippen LogP contribution is -2.58. The zero-order valence-electron chi connectivity index (χ0n) is 20.9. The fourth-order valence-electron chi connectivity index (χ4n) is 4.24. The van der Waals surface area contributed by atoms with E-state index in [2.05, 4.69) is 15.6 Å². The minimum absolute atomic E-state index is 0.0271. The van der Waals surface area contributed by atoms with E-state index in [-0.39, 0.29) is 31.5 Å². The van der Waals surface area contributed by atoms with Crippen LogP contribution in [0.5, 0.6) is 0 Å². The molecular weight excluding hydrogens is 466 g/mol. The van der Waals surface area contributed by atoms with Gasteiger partial charge in [0.25, 0.3) is 0 Å². The number of benzene rings is 1. The van der Waals surface area contributed by atoms with E-state index in [1.807, 2.05) is 64.4 Å². The molecule has 9 nitrogen and oxygen atoms in total. The Balaban J connectivity index is 1.73. The van der Waals surface area contributed by atoms with E-state index in [4.69, 9.17) is 5.73 Å². The number of hydrogen-bond acceptors (Lipinski definition) is 7. The van der Waals surface area contributed by atoms with Crippen LogP contribution in [0.2, 0.25) is 0 Å². The average Bonchev–Trinajstić information content (AvgIpc) is 3.41. The van der Waals surface area contributed by atoms with E-state index in [1.165, 1.54) is 4.90 Å². The second-order valence-electron chi connectivity index (χ2n) is 10.1. The monoisotopic (exact) mass is 501 g/mol. The molecule has 0 aliphatic carbocycles. The fraction of sp³-hybridized carbons (Fsp3) is 0.520. The van der Waals surface area contributed by atoms with Gasteiger partial charge in [-0.15, -0.1) is 11.3 Å². The summed E-state index contributed by atoms with van der Waals surface area (Å²) in [6.07, 6.45) is -0.687. The van der Waals surface area contributed by atoms with Gasteiger partial charge in [-0.3, -0.25) is 14.4 Å². The Morgan fingerprint density at radius 1 is 1.23 bits per heavy atom. The molecule has 3 amide bonds. The molecule has 1 aliphatic heterocycles. The van der Waals surface area contributed by atoms with E-state index in [0.717, 1.165) is 21.7 Å². The number of nitrogens with two attached hydrogens (primary N) is 1. The first-order chi connectivity index (χ1) is 16.4. The van der Waals surface area contributed by atoms with Crippen molar-refractivity contribution in [2.75, 3.05) is 13.1 Å². The van der Waals surface area contributed by atoms with Gasteiger partial charge in [-0.1, -0.05) is 45.0 Å². The molecule has 2 heterocycles. The van der Waals surface area contributed by atoms with Crippen molar-refractivity contribution in [1.29, 1.82) is 0 Å². The summed E-state index contributed by atoms with van der Waals surface area (Å²) in [5, 5.41) is 15.9. The van der Waals surface area contributed by atoms with Gasteiger partial charge >= 0.3 is 0 Å². The van der Waals surface area contributed by atoms with Gasteiger partial charge < -0.3 is 26.4 Å². The van der Waals surface area contributed by atoms with E-state index in [0.29, 0.717) is 0 Å². The van der Waals surface area contributed by atoms with Crippen LogP contribution < -0.4 is 16.4 Å². The zero-order valence-corrected chi connectivity index (χ0v) is 21.7. The van der Waals surface area contributed by atoms with Gasteiger partial charge in [0.05, 0.1) is 34.8 Å². The predicted molar refractivity (Wildman–Crippen MR) is 135 cm³/mol. The molecule has 35 heavy (non-hydrogen) atoms. The molecule has 1 saturated heterocycles. The Kier molecular flexibility index (Phi) is 8.30. The third-order valence-electron chi connectivity index (χ3n) is 6.25. The molecule has 1 aromatic heterocycles. The van der Waals surface area contributed by atoms with Crippen molar-refractivity contribution in [2.24, 2.45) is 11.1 Å². The summed E-state index contributed by atoms with van der Waals surface area (Å²) in [7, 11) is 0. The zero-order chi connectivity index (χ0) is 25.9. The number of thiazole rings is 1. The summed E-state index contributed by atoms with van der Waals surface area (Å²) in [4.78, 5) is 45.3. The van der Waals surface area contributed by atoms with Crippen LogP contribution in [-0.2, 0) is 14.4 Å². The van der Waals surface area contributed by atoms with Gasteiger partial charge in [0.15, 0.2) is 0 Å². The van der Waals surface area contributed by atoms with Gasteiger partial charge in [-0.2, -0.15) is 0 Å². The summed E-state index contributed by atoms with van der Waals surface area (Å²) in [6.45, 7) is 9.11. The van der Waals surface area contributed by atoms with Crippen LogP contribution in [0, 0.1) is 12.3 Å². The normalized spacial score (nSPS) is 19.8. The summed E-state index contributed by atoms with van der Waals surface area (Å²) in [6, 6.07) is 5.92. The predicted octanol–water partition coefficient (Wildman–Crippen LogP) is 1.75. The fourth-order valence-corrected chi connectivity index (χ4v) is 5.05. The Labute approximate surface area is 210 Å². The first kappa shape index (κ1) is 26.8.